The van der Waals surface area contributed by atoms with Crippen molar-refractivity contribution in [2.45, 2.75) is 33.1 Å². The summed E-state index contributed by atoms with van der Waals surface area (Å²) in [4.78, 5) is 17.3. The highest BCUT2D eigenvalue weighted by Crippen LogP contribution is 2.26. The summed E-state index contributed by atoms with van der Waals surface area (Å²) in [6.07, 6.45) is 6.61. The molecule has 0 amide bonds. The molecule has 0 saturated carbocycles. The molecule has 0 aromatic carbocycles. The van der Waals surface area contributed by atoms with Crippen molar-refractivity contribution >= 4 is 5.65 Å². The molecule has 0 spiro atoms. The van der Waals surface area contributed by atoms with Crippen LogP contribution in [0.2, 0.25) is 0 Å². The van der Waals surface area contributed by atoms with Gasteiger partial charge < -0.3 is 4.42 Å². The van der Waals surface area contributed by atoms with Gasteiger partial charge in [-0.1, -0.05) is 13.3 Å². The largest absolute Gasteiger partial charge is 0.447 e. The van der Waals surface area contributed by atoms with Gasteiger partial charge in [-0.05, 0) is 25.5 Å². The van der Waals surface area contributed by atoms with Gasteiger partial charge in [0.1, 0.15) is 29.3 Å². The number of aryl methyl sites for hydroxylation is 2. The molecule has 0 bridgehead atoms. The van der Waals surface area contributed by atoms with Gasteiger partial charge in [-0.25, -0.2) is 23.9 Å². The summed E-state index contributed by atoms with van der Waals surface area (Å²) in [6, 6.07) is 2.90. The van der Waals surface area contributed by atoms with Crippen LogP contribution in [0.15, 0.2) is 35.5 Å². The third-order valence-electron chi connectivity index (χ3n) is 4.13. The Labute approximate surface area is 149 Å². The van der Waals surface area contributed by atoms with E-state index in [4.69, 9.17) is 4.42 Å². The predicted molar refractivity (Wildman–Crippen MR) is 92.0 cm³/mol. The van der Waals surface area contributed by atoms with E-state index >= 15 is 0 Å². The summed E-state index contributed by atoms with van der Waals surface area (Å²) < 4.78 is 21.3. The van der Waals surface area contributed by atoms with E-state index in [0.717, 1.165) is 29.7 Å². The molecule has 0 N–H and O–H groups in total. The fourth-order valence-corrected chi connectivity index (χ4v) is 3.01. The minimum absolute atomic E-state index is 0.174. The van der Waals surface area contributed by atoms with Crippen molar-refractivity contribution in [1.82, 2.24) is 29.5 Å². The Hall–Kier alpha value is -3.16. The van der Waals surface area contributed by atoms with E-state index in [9.17, 15) is 4.39 Å². The van der Waals surface area contributed by atoms with Crippen molar-refractivity contribution in [3.8, 4) is 11.4 Å². The van der Waals surface area contributed by atoms with E-state index in [2.05, 4.69) is 32.0 Å². The lowest BCUT2D eigenvalue weighted by Crippen LogP contribution is -2.05. The van der Waals surface area contributed by atoms with E-state index in [0.29, 0.717) is 23.7 Å². The number of aromatic nitrogens is 6. The summed E-state index contributed by atoms with van der Waals surface area (Å²) in [5, 5.41) is 4.32. The zero-order chi connectivity index (χ0) is 18.1. The zero-order valence-electron chi connectivity index (χ0n) is 14.5. The second kappa shape index (κ2) is 6.62. The van der Waals surface area contributed by atoms with Gasteiger partial charge in [-0.15, -0.1) is 0 Å². The molecule has 0 atom stereocenters. The predicted octanol–water partition coefficient (Wildman–Crippen LogP) is 3.17. The number of oxazole rings is 1. The molecule has 132 valence electrons. The Balaban J connectivity index is 1.78. The maximum atomic E-state index is 14.1. The van der Waals surface area contributed by atoms with Crippen LogP contribution in [-0.4, -0.2) is 29.5 Å². The number of pyridine rings is 1. The molecule has 4 aromatic rings. The van der Waals surface area contributed by atoms with Crippen LogP contribution in [0.25, 0.3) is 17.0 Å². The summed E-state index contributed by atoms with van der Waals surface area (Å²) in [6.45, 7) is 3.94. The Kier molecular flexibility index (Phi) is 4.16. The molecule has 0 saturated heterocycles. The van der Waals surface area contributed by atoms with Crippen LogP contribution >= 0.6 is 0 Å². The molecule has 0 aliphatic carbocycles. The monoisotopic (exact) mass is 352 g/mol. The highest BCUT2D eigenvalue weighted by atomic mass is 19.1. The van der Waals surface area contributed by atoms with Crippen LogP contribution in [0.3, 0.4) is 0 Å². The maximum absolute atomic E-state index is 14.1. The molecule has 4 aromatic heterocycles. The van der Waals surface area contributed by atoms with Crippen LogP contribution in [0.4, 0.5) is 4.39 Å². The van der Waals surface area contributed by atoms with Crippen molar-refractivity contribution in [2.24, 2.45) is 0 Å². The van der Waals surface area contributed by atoms with Gasteiger partial charge in [-0.3, -0.25) is 4.98 Å². The molecule has 0 radical (unpaired) electrons. The van der Waals surface area contributed by atoms with Gasteiger partial charge in [0.25, 0.3) is 0 Å². The Morgan fingerprint density at radius 1 is 1.19 bits per heavy atom. The second-order valence-corrected chi connectivity index (χ2v) is 5.98. The van der Waals surface area contributed by atoms with Crippen molar-refractivity contribution in [2.75, 3.05) is 0 Å². The number of hydrogen-bond acceptors (Lipinski definition) is 6. The van der Waals surface area contributed by atoms with Crippen LogP contribution in [0, 0.1) is 12.7 Å². The number of rotatable bonds is 5. The van der Waals surface area contributed by atoms with Gasteiger partial charge in [0.05, 0.1) is 12.1 Å². The van der Waals surface area contributed by atoms with E-state index in [1.807, 2.05) is 6.92 Å². The van der Waals surface area contributed by atoms with E-state index in [1.165, 1.54) is 18.7 Å². The van der Waals surface area contributed by atoms with E-state index < -0.39 is 5.82 Å². The molecule has 4 heterocycles. The summed E-state index contributed by atoms with van der Waals surface area (Å²) in [5.41, 5.74) is 3.19. The van der Waals surface area contributed by atoms with E-state index in [1.54, 1.807) is 16.9 Å². The van der Waals surface area contributed by atoms with Crippen molar-refractivity contribution in [3.05, 3.63) is 59.7 Å². The fraction of sp³-hybridized carbons (Fsp3) is 0.278. The van der Waals surface area contributed by atoms with Gasteiger partial charge in [-0.2, -0.15) is 5.10 Å². The standard InChI is InChI=1S/C18H17FN6O/c1-3-5-12-14(21-9-25-18(12)23-11(2)24-25)8-15-17(22-10-26-15)16-13(19)6-4-7-20-16/h4,6-7,9-10H,3,5,8H2,1-2H3. The normalized spacial score (nSPS) is 11.3. The molecule has 0 unspecified atom stereocenters. The van der Waals surface area contributed by atoms with Crippen LogP contribution in [-0.2, 0) is 12.8 Å². The van der Waals surface area contributed by atoms with Gasteiger partial charge in [0.15, 0.2) is 17.9 Å². The second-order valence-electron chi connectivity index (χ2n) is 5.98. The lowest BCUT2D eigenvalue weighted by atomic mass is 10.0. The molecular weight excluding hydrogens is 335 g/mol. The Morgan fingerprint density at radius 3 is 2.88 bits per heavy atom. The first-order chi connectivity index (χ1) is 12.7. The first-order valence-corrected chi connectivity index (χ1v) is 8.40. The lowest BCUT2D eigenvalue weighted by Gasteiger charge is -2.08. The van der Waals surface area contributed by atoms with Gasteiger partial charge >= 0.3 is 0 Å². The smallest absolute Gasteiger partial charge is 0.181 e. The number of fused-ring (bicyclic) bond motifs is 1. The summed E-state index contributed by atoms with van der Waals surface area (Å²) >= 11 is 0. The number of halogens is 1. The minimum atomic E-state index is -0.437. The molecule has 0 aliphatic heterocycles. The van der Waals surface area contributed by atoms with Crippen molar-refractivity contribution in [1.29, 1.82) is 0 Å². The zero-order valence-corrected chi connectivity index (χ0v) is 14.5. The summed E-state index contributed by atoms with van der Waals surface area (Å²) in [5.74, 6) is 0.776. The fourth-order valence-electron chi connectivity index (χ4n) is 3.01. The van der Waals surface area contributed by atoms with Gasteiger partial charge in [0, 0.05) is 11.8 Å². The first kappa shape index (κ1) is 16.3. The molecule has 4 rings (SSSR count). The molecule has 0 aliphatic rings. The minimum Gasteiger partial charge on any atom is -0.447 e. The van der Waals surface area contributed by atoms with Gasteiger partial charge in [0.2, 0.25) is 0 Å². The number of hydrogen-bond donors (Lipinski definition) is 0. The van der Waals surface area contributed by atoms with Crippen LogP contribution < -0.4 is 0 Å². The highest BCUT2D eigenvalue weighted by molar-refractivity contribution is 5.58. The third kappa shape index (κ3) is 2.83. The molecule has 7 nitrogen and oxygen atoms in total. The highest BCUT2D eigenvalue weighted by Gasteiger charge is 2.19. The van der Waals surface area contributed by atoms with Crippen molar-refractivity contribution in [3.63, 3.8) is 0 Å². The maximum Gasteiger partial charge on any atom is 0.181 e. The summed E-state index contributed by atoms with van der Waals surface area (Å²) in [7, 11) is 0. The average molecular weight is 352 g/mol. The third-order valence-corrected chi connectivity index (χ3v) is 4.13. The van der Waals surface area contributed by atoms with Crippen molar-refractivity contribution < 1.29 is 8.81 Å². The first-order valence-electron chi connectivity index (χ1n) is 8.40. The average Bonchev–Trinajstić information content (AvgIpc) is 3.23. The molecular formula is C18H17FN6O. The quantitative estimate of drug-likeness (QED) is 0.549. The molecule has 0 fully saturated rings. The Bertz CT molecular complexity index is 1070. The van der Waals surface area contributed by atoms with Crippen LogP contribution in [0.5, 0.6) is 0 Å². The molecule has 8 heteroatoms. The lowest BCUT2D eigenvalue weighted by molar-refractivity contribution is 0.512. The Morgan fingerprint density at radius 2 is 2.08 bits per heavy atom. The topological polar surface area (TPSA) is 82.0 Å². The molecule has 26 heavy (non-hydrogen) atoms. The van der Waals surface area contributed by atoms with E-state index in [-0.39, 0.29) is 5.69 Å². The SMILES string of the molecule is CCCc1c(Cc2ocnc2-c2ncccc2F)ncn2nc(C)nc12. The number of nitrogens with zero attached hydrogens (tertiary/aromatic N) is 6. The van der Waals surface area contributed by atoms with Crippen LogP contribution in [0.1, 0.15) is 36.2 Å².